The molecule has 1 saturated heterocycles. The van der Waals surface area contributed by atoms with Gasteiger partial charge in [0.1, 0.15) is 12.7 Å². The number of ether oxygens (including phenoxy) is 1. The first kappa shape index (κ1) is 20.8. The molecular weight excluding hydrogens is 372 g/mol. The number of rotatable bonds is 7. The first-order chi connectivity index (χ1) is 14.1. The highest BCUT2D eigenvalue weighted by molar-refractivity contribution is 5.89. The first-order valence-electron chi connectivity index (χ1n) is 9.53. The summed E-state index contributed by atoms with van der Waals surface area (Å²) >= 11 is 0. The van der Waals surface area contributed by atoms with E-state index in [4.69, 9.17) is 10.5 Å². The molecule has 0 radical (unpaired) electrons. The van der Waals surface area contributed by atoms with Crippen LogP contribution in [0.25, 0.3) is 0 Å². The molecule has 1 aliphatic rings. The fourth-order valence-electron chi connectivity index (χ4n) is 3.36. The standard InChI is InChI=1S/C21H26N4O4/c22-10-11-25-18(13-26)20(29-14-19(25)27)16-6-8-17(9-7-16)24-21(28)23-12-15-4-2-1-3-5-15/h1-9,18,20,26H,10-14,22H2,(H2,23,24,28). The summed E-state index contributed by atoms with van der Waals surface area (Å²) in [6.07, 6.45) is -0.454. The van der Waals surface area contributed by atoms with Gasteiger partial charge in [-0.15, -0.1) is 0 Å². The highest BCUT2D eigenvalue weighted by Gasteiger charge is 2.36. The molecular formula is C21H26N4O4. The number of carbonyl (C=O) groups is 2. The number of aliphatic hydroxyl groups is 1. The second-order valence-electron chi connectivity index (χ2n) is 6.77. The predicted molar refractivity (Wildman–Crippen MR) is 109 cm³/mol. The van der Waals surface area contributed by atoms with Gasteiger partial charge in [0.05, 0.1) is 12.6 Å². The number of amides is 3. The number of carbonyl (C=O) groups excluding carboxylic acids is 2. The Bertz CT molecular complexity index is 813. The zero-order valence-corrected chi connectivity index (χ0v) is 16.1. The van der Waals surface area contributed by atoms with Crippen LogP contribution in [0.2, 0.25) is 0 Å². The minimum absolute atomic E-state index is 0.0525. The molecule has 1 heterocycles. The molecule has 5 N–H and O–H groups in total. The van der Waals surface area contributed by atoms with Crippen molar-refractivity contribution in [1.29, 1.82) is 0 Å². The van der Waals surface area contributed by atoms with Crippen LogP contribution in [-0.4, -0.2) is 54.3 Å². The third kappa shape index (κ3) is 5.32. The van der Waals surface area contributed by atoms with Gasteiger partial charge in [-0.05, 0) is 23.3 Å². The Morgan fingerprint density at radius 2 is 1.90 bits per heavy atom. The molecule has 1 fully saturated rings. The summed E-state index contributed by atoms with van der Waals surface area (Å²) in [6, 6.07) is 16.0. The average Bonchev–Trinajstić information content (AvgIpc) is 2.75. The van der Waals surface area contributed by atoms with E-state index in [1.165, 1.54) is 0 Å². The van der Waals surface area contributed by atoms with E-state index in [-0.39, 0.29) is 25.2 Å². The van der Waals surface area contributed by atoms with E-state index >= 15 is 0 Å². The molecule has 0 aliphatic carbocycles. The van der Waals surface area contributed by atoms with Gasteiger partial charge in [-0.2, -0.15) is 0 Å². The van der Waals surface area contributed by atoms with E-state index in [0.29, 0.717) is 25.3 Å². The number of urea groups is 1. The molecule has 0 aromatic heterocycles. The molecule has 2 aromatic carbocycles. The monoisotopic (exact) mass is 398 g/mol. The Balaban J connectivity index is 1.60. The third-order valence-corrected chi connectivity index (χ3v) is 4.81. The fraction of sp³-hybridized carbons (Fsp3) is 0.333. The second-order valence-corrected chi connectivity index (χ2v) is 6.77. The minimum atomic E-state index is -0.493. The van der Waals surface area contributed by atoms with Crippen molar-refractivity contribution in [3.8, 4) is 0 Å². The number of benzene rings is 2. The molecule has 8 heteroatoms. The lowest BCUT2D eigenvalue weighted by atomic mass is 9.99. The smallest absolute Gasteiger partial charge is 0.319 e. The summed E-state index contributed by atoms with van der Waals surface area (Å²) in [7, 11) is 0. The van der Waals surface area contributed by atoms with Crippen LogP contribution in [0.3, 0.4) is 0 Å². The molecule has 3 amide bonds. The Kier molecular flexibility index (Phi) is 7.18. The summed E-state index contributed by atoms with van der Waals surface area (Å²) in [4.78, 5) is 25.7. The highest BCUT2D eigenvalue weighted by Crippen LogP contribution is 2.29. The van der Waals surface area contributed by atoms with Crippen molar-refractivity contribution in [2.24, 2.45) is 5.73 Å². The molecule has 1 aliphatic heterocycles. The molecule has 0 bridgehead atoms. The normalized spacial score (nSPS) is 19.1. The van der Waals surface area contributed by atoms with E-state index in [9.17, 15) is 14.7 Å². The molecule has 3 rings (SSSR count). The summed E-state index contributed by atoms with van der Waals surface area (Å²) in [5, 5.41) is 15.4. The van der Waals surface area contributed by atoms with Crippen molar-refractivity contribution in [2.75, 3.05) is 31.6 Å². The maximum atomic E-state index is 12.1. The van der Waals surface area contributed by atoms with Crippen molar-refractivity contribution < 1.29 is 19.4 Å². The van der Waals surface area contributed by atoms with Crippen molar-refractivity contribution in [2.45, 2.75) is 18.7 Å². The Morgan fingerprint density at radius 1 is 1.17 bits per heavy atom. The van der Waals surface area contributed by atoms with Crippen LogP contribution in [0, 0.1) is 0 Å². The summed E-state index contributed by atoms with van der Waals surface area (Å²) < 4.78 is 5.67. The topological polar surface area (TPSA) is 117 Å². The van der Waals surface area contributed by atoms with Crippen LogP contribution in [-0.2, 0) is 16.1 Å². The van der Waals surface area contributed by atoms with Gasteiger partial charge in [-0.3, -0.25) is 4.79 Å². The lowest BCUT2D eigenvalue weighted by molar-refractivity contribution is -0.160. The highest BCUT2D eigenvalue weighted by atomic mass is 16.5. The third-order valence-electron chi connectivity index (χ3n) is 4.81. The predicted octanol–water partition coefficient (Wildman–Crippen LogP) is 1.23. The second kappa shape index (κ2) is 10.0. The molecule has 0 saturated carbocycles. The van der Waals surface area contributed by atoms with Crippen molar-refractivity contribution in [1.82, 2.24) is 10.2 Å². The molecule has 2 atom stereocenters. The Labute approximate surface area is 169 Å². The molecule has 0 spiro atoms. The average molecular weight is 398 g/mol. The summed E-state index contributed by atoms with van der Waals surface area (Å²) in [5.41, 5.74) is 8.05. The van der Waals surface area contributed by atoms with Crippen LogP contribution < -0.4 is 16.4 Å². The number of morpholine rings is 1. The van der Waals surface area contributed by atoms with Gasteiger partial charge >= 0.3 is 6.03 Å². The van der Waals surface area contributed by atoms with Crippen LogP contribution in [0.4, 0.5) is 10.5 Å². The fourth-order valence-corrected chi connectivity index (χ4v) is 3.36. The molecule has 154 valence electrons. The molecule has 2 aromatic rings. The van der Waals surface area contributed by atoms with Gasteiger partial charge in [-0.25, -0.2) is 4.79 Å². The van der Waals surface area contributed by atoms with E-state index in [1.807, 2.05) is 42.5 Å². The zero-order chi connectivity index (χ0) is 20.6. The van der Waals surface area contributed by atoms with Gasteiger partial charge in [0, 0.05) is 25.3 Å². The lowest BCUT2D eigenvalue weighted by Gasteiger charge is -2.40. The first-order valence-corrected chi connectivity index (χ1v) is 9.53. The zero-order valence-electron chi connectivity index (χ0n) is 16.1. The van der Waals surface area contributed by atoms with Crippen LogP contribution in [0.5, 0.6) is 0 Å². The number of nitrogens with two attached hydrogens (primary N) is 1. The number of aliphatic hydroxyl groups excluding tert-OH is 1. The molecule has 8 nitrogen and oxygen atoms in total. The maximum Gasteiger partial charge on any atom is 0.319 e. The maximum absolute atomic E-state index is 12.1. The number of nitrogens with one attached hydrogen (secondary N) is 2. The SMILES string of the molecule is NCCN1C(=O)COC(c2ccc(NC(=O)NCc3ccccc3)cc2)C1CO. The minimum Gasteiger partial charge on any atom is -0.394 e. The number of hydrogen-bond acceptors (Lipinski definition) is 5. The van der Waals surface area contributed by atoms with Crippen LogP contribution in [0.15, 0.2) is 54.6 Å². The van der Waals surface area contributed by atoms with E-state index in [1.54, 1.807) is 17.0 Å². The van der Waals surface area contributed by atoms with Crippen LogP contribution >= 0.6 is 0 Å². The van der Waals surface area contributed by atoms with Crippen LogP contribution in [0.1, 0.15) is 17.2 Å². The van der Waals surface area contributed by atoms with Gasteiger partial charge in [0.15, 0.2) is 0 Å². The summed E-state index contributed by atoms with van der Waals surface area (Å²) in [5.74, 6) is -0.181. The lowest BCUT2D eigenvalue weighted by Crippen LogP contribution is -2.54. The van der Waals surface area contributed by atoms with Gasteiger partial charge in [0.2, 0.25) is 5.91 Å². The van der Waals surface area contributed by atoms with Gasteiger partial charge in [0.25, 0.3) is 0 Å². The largest absolute Gasteiger partial charge is 0.394 e. The van der Waals surface area contributed by atoms with Gasteiger partial charge < -0.3 is 31.1 Å². The van der Waals surface area contributed by atoms with Crippen molar-refractivity contribution >= 4 is 17.6 Å². The number of nitrogens with zero attached hydrogens (tertiary/aromatic N) is 1. The molecule has 29 heavy (non-hydrogen) atoms. The van der Waals surface area contributed by atoms with Crippen molar-refractivity contribution in [3.63, 3.8) is 0 Å². The van der Waals surface area contributed by atoms with E-state index in [0.717, 1.165) is 11.1 Å². The number of anilines is 1. The Hall–Kier alpha value is -2.94. The quantitative estimate of drug-likeness (QED) is 0.560. The Morgan fingerprint density at radius 3 is 2.55 bits per heavy atom. The summed E-state index contributed by atoms with van der Waals surface area (Å²) in [6.45, 7) is 0.840. The van der Waals surface area contributed by atoms with Crippen molar-refractivity contribution in [3.05, 3.63) is 65.7 Å². The molecule has 2 unspecified atom stereocenters. The van der Waals surface area contributed by atoms with E-state index < -0.39 is 12.1 Å². The van der Waals surface area contributed by atoms with E-state index in [2.05, 4.69) is 10.6 Å². The van der Waals surface area contributed by atoms with Gasteiger partial charge in [-0.1, -0.05) is 42.5 Å². The number of hydrogen-bond donors (Lipinski definition) is 4.